The molecule has 2 N–H and O–H groups in total. The molecule has 2 rings (SSSR count). The minimum absolute atomic E-state index is 0.0951. The van der Waals surface area contributed by atoms with Crippen molar-refractivity contribution >= 4 is 11.8 Å². The first-order valence-corrected chi connectivity index (χ1v) is 6.97. The molecule has 0 atom stereocenters. The molecule has 0 radical (unpaired) electrons. The molecule has 0 spiro atoms. The topological polar surface area (TPSA) is 99.0 Å². The number of methoxy groups -OCH3 is 3. The zero-order valence-electron chi connectivity index (χ0n) is 13.8. The minimum atomic E-state index is -0.566. The summed E-state index contributed by atoms with van der Waals surface area (Å²) in [5, 5.41) is 0. The van der Waals surface area contributed by atoms with Crippen LogP contribution in [0.2, 0.25) is 0 Å². The van der Waals surface area contributed by atoms with Crippen molar-refractivity contribution in [1.29, 1.82) is 0 Å². The van der Waals surface area contributed by atoms with Gasteiger partial charge in [0.25, 0.3) is 5.91 Å². The maximum Gasteiger partial charge on any atom is 0.305 e. The number of ether oxygens (including phenoxy) is 3. The lowest BCUT2D eigenvalue weighted by Gasteiger charge is -2.14. The molecule has 1 heterocycles. The Balaban J connectivity index is 2.13. The summed E-state index contributed by atoms with van der Waals surface area (Å²) in [6.07, 6.45) is 0. The number of hydrogen-bond acceptors (Lipinski definition) is 6. The molecule has 8 nitrogen and oxygen atoms in total. The van der Waals surface area contributed by atoms with Gasteiger partial charge in [-0.25, -0.2) is 0 Å². The molecule has 2 aromatic rings. The van der Waals surface area contributed by atoms with Crippen molar-refractivity contribution in [3.05, 3.63) is 41.3 Å². The van der Waals surface area contributed by atoms with E-state index in [-0.39, 0.29) is 11.3 Å². The van der Waals surface area contributed by atoms with Crippen LogP contribution in [0.3, 0.4) is 0 Å². The molecule has 2 amide bonds. The summed E-state index contributed by atoms with van der Waals surface area (Å²) in [7, 11) is 4.35. The zero-order valence-corrected chi connectivity index (χ0v) is 13.8. The summed E-state index contributed by atoms with van der Waals surface area (Å²) in [5.74, 6) is 0.597. The molecule has 1 aromatic heterocycles. The number of carbonyl (C=O) groups is 2. The van der Waals surface area contributed by atoms with E-state index in [1.165, 1.54) is 39.5 Å². The van der Waals surface area contributed by atoms with Crippen LogP contribution in [0.25, 0.3) is 0 Å². The molecule has 0 saturated heterocycles. The second kappa shape index (κ2) is 7.40. The number of nitrogens with one attached hydrogen (secondary N) is 2. The van der Waals surface area contributed by atoms with Gasteiger partial charge >= 0.3 is 5.91 Å². The Morgan fingerprint density at radius 1 is 0.917 bits per heavy atom. The van der Waals surface area contributed by atoms with Crippen LogP contribution < -0.4 is 25.1 Å². The smallest absolute Gasteiger partial charge is 0.305 e. The highest BCUT2D eigenvalue weighted by molar-refractivity contribution is 5.98. The number of hydrogen-bond donors (Lipinski definition) is 2. The number of rotatable bonds is 5. The van der Waals surface area contributed by atoms with Crippen molar-refractivity contribution < 1.29 is 28.2 Å². The first-order chi connectivity index (χ1) is 11.5. The maximum absolute atomic E-state index is 12.2. The summed E-state index contributed by atoms with van der Waals surface area (Å²) in [6.45, 7) is 1.71. The molecule has 128 valence electrons. The molecule has 0 saturated carbocycles. The number of hydrazine groups is 1. The Morgan fingerprint density at radius 3 is 1.96 bits per heavy atom. The summed E-state index contributed by atoms with van der Waals surface area (Å²) in [4.78, 5) is 24.1. The van der Waals surface area contributed by atoms with Gasteiger partial charge in [0.1, 0.15) is 5.76 Å². The Bertz CT molecular complexity index is 728. The number of benzene rings is 1. The van der Waals surface area contributed by atoms with Crippen LogP contribution in [0.15, 0.2) is 28.7 Å². The van der Waals surface area contributed by atoms with E-state index >= 15 is 0 Å². The highest BCUT2D eigenvalue weighted by Gasteiger charge is 2.18. The van der Waals surface area contributed by atoms with Crippen LogP contribution in [-0.4, -0.2) is 33.1 Å². The molecule has 24 heavy (non-hydrogen) atoms. The van der Waals surface area contributed by atoms with E-state index in [9.17, 15) is 9.59 Å². The van der Waals surface area contributed by atoms with E-state index < -0.39 is 11.8 Å². The van der Waals surface area contributed by atoms with Crippen LogP contribution >= 0.6 is 0 Å². The average molecular weight is 334 g/mol. The Morgan fingerprint density at radius 2 is 1.50 bits per heavy atom. The molecule has 0 aliphatic heterocycles. The lowest BCUT2D eigenvalue weighted by atomic mass is 10.1. The third-order valence-corrected chi connectivity index (χ3v) is 3.18. The van der Waals surface area contributed by atoms with E-state index in [1.807, 2.05) is 0 Å². The predicted molar refractivity (Wildman–Crippen MR) is 84.5 cm³/mol. The first kappa shape index (κ1) is 17.2. The number of aryl methyl sites for hydroxylation is 1. The Hall–Kier alpha value is -3.16. The lowest BCUT2D eigenvalue weighted by Crippen LogP contribution is -2.41. The van der Waals surface area contributed by atoms with Crippen molar-refractivity contribution in [3.8, 4) is 17.2 Å². The van der Waals surface area contributed by atoms with Crippen molar-refractivity contribution in [2.75, 3.05) is 21.3 Å². The summed E-state index contributed by atoms with van der Waals surface area (Å²) in [6, 6.07) is 6.10. The SMILES string of the molecule is COc1cc(C(=O)NNC(=O)c2ccc(C)o2)cc(OC)c1OC. The van der Waals surface area contributed by atoms with Crippen molar-refractivity contribution in [3.63, 3.8) is 0 Å². The van der Waals surface area contributed by atoms with Crippen LogP contribution in [0.5, 0.6) is 17.2 Å². The third kappa shape index (κ3) is 3.60. The molecule has 0 unspecified atom stereocenters. The van der Waals surface area contributed by atoms with E-state index in [0.717, 1.165) is 0 Å². The van der Waals surface area contributed by atoms with Crippen LogP contribution in [-0.2, 0) is 0 Å². The molecule has 0 aliphatic rings. The second-order valence-electron chi connectivity index (χ2n) is 4.73. The molecular weight excluding hydrogens is 316 g/mol. The first-order valence-electron chi connectivity index (χ1n) is 6.97. The maximum atomic E-state index is 12.2. The largest absolute Gasteiger partial charge is 0.493 e. The van der Waals surface area contributed by atoms with Gasteiger partial charge in [-0.15, -0.1) is 0 Å². The average Bonchev–Trinajstić information content (AvgIpc) is 3.04. The highest BCUT2D eigenvalue weighted by Crippen LogP contribution is 2.38. The van der Waals surface area contributed by atoms with E-state index in [4.69, 9.17) is 18.6 Å². The molecular formula is C16H18N2O6. The van der Waals surface area contributed by atoms with Gasteiger partial charge in [-0.3, -0.25) is 20.4 Å². The van der Waals surface area contributed by atoms with Crippen molar-refractivity contribution in [2.24, 2.45) is 0 Å². The van der Waals surface area contributed by atoms with Crippen molar-refractivity contribution in [2.45, 2.75) is 6.92 Å². The van der Waals surface area contributed by atoms with Crippen LogP contribution in [0.4, 0.5) is 0 Å². The van der Waals surface area contributed by atoms with E-state index in [1.54, 1.807) is 13.0 Å². The predicted octanol–water partition coefficient (Wildman–Crippen LogP) is 1.69. The third-order valence-electron chi connectivity index (χ3n) is 3.18. The second-order valence-corrected chi connectivity index (χ2v) is 4.73. The van der Waals surface area contributed by atoms with Gasteiger partial charge in [0.15, 0.2) is 17.3 Å². The number of furan rings is 1. The fourth-order valence-electron chi connectivity index (χ4n) is 2.02. The molecule has 8 heteroatoms. The van der Waals surface area contributed by atoms with Gasteiger partial charge in [0.2, 0.25) is 5.75 Å². The standard InChI is InChI=1S/C16H18N2O6/c1-9-5-6-11(24-9)16(20)18-17-15(19)10-7-12(21-2)14(23-4)13(8-10)22-3/h5-8H,1-4H3,(H,17,19)(H,18,20). The van der Waals surface area contributed by atoms with Crippen molar-refractivity contribution in [1.82, 2.24) is 10.9 Å². The molecule has 0 bridgehead atoms. The summed E-state index contributed by atoms with van der Waals surface area (Å²) >= 11 is 0. The van der Waals surface area contributed by atoms with Gasteiger partial charge < -0.3 is 18.6 Å². The van der Waals surface area contributed by atoms with Gasteiger partial charge in [-0.05, 0) is 31.2 Å². The van der Waals surface area contributed by atoms with Crippen LogP contribution in [0.1, 0.15) is 26.7 Å². The van der Waals surface area contributed by atoms with Gasteiger partial charge in [-0.1, -0.05) is 0 Å². The molecule has 0 fully saturated rings. The van der Waals surface area contributed by atoms with Gasteiger partial charge in [0, 0.05) is 5.56 Å². The molecule has 0 aliphatic carbocycles. The number of amides is 2. The highest BCUT2D eigenvalue weighted by atomic mass is 16.5. The Labute approximate surface area is 138 Å². The number of carbonyl (C=O) groups excluding carboxylic acids is 2. The Kier molecular flexibility index (Phi) is 5.31. The normalized spacial score (nSPS) is 10.0. The monoisotopic (exact) mass is 334 g/mol. The van der Waals surface area contributed by atoms with E-state index in [0.29, 0.717) is 23.0 Å². The van der Waals surface area contributed by atoms with E-state index in [2.05, 4.69) is 10.9 Å². The van der Waals surface area contributed by atoms with Gasteiger partial charge in [-0.2, -0.15) is 0 Å². The molecule has 1 aromatic carbocycles. The fraction of sp³-hybridized carbons (Fsp3) is 0.250. The minimum Gasteiger partial charge on any atom is -0.493 e. The fourth-order valence-corrected chi connectivity index (χ4v) is 2.02. The quantitative estimate of drug-likeness (QED) is 0.807. The lowest BCUT2D eigenvalue weighted by molar-refractivity contribution is 0.0830. The summed E-state index contributed by atoms with van der Waals surface area (Å²) in [5.41, 5.74) is 4.79. The summed E-state index contributed by atoms with van der Waals surface area (Å²) < 4.78 is 20.7. The van der Waals surface area contributed by atoms with Crippen LogP contribution in [0, 0.1) is 6.92 Å². The van der Waals surface area contributed by atoms with Gasteiger partial charge in [0.05, 0.1) is 21.3 Å². The zero-order chi connectivity index (χ0) is 17.7.